The Morgan fingerprint density at radius 1 is 1.36 bits per heavy atom. The fourth-order valence-corrected chi connectivity index (χ4v) is 3.31. The summed E-state index contributed by atoms with van der Waals surface area (Å²) in [5.74, 6) is -2.02. The molecule has 1 saturated heterocycles. The third-order valence-electron chi connectivity index (χ3n) is 4.86. The van der Waals surface area contributed by atoms with Crippen LogP contribution in [0.2, 0.25) is 0 Å². The molecular weight excluding hydrogens is 366 g/mol. The van der Waals surface area contributed by atoms with E-state index < -0.39 is 28.8 Å². The minimum absolute atomic E-state index is 0.123. The Morgan fingerprint density at radius 3 is 2.71 bits per heavy atom. The molecule has 150 valence electrons. The summed E-state index contributed by atoms with van der Waals surface area (Å²) in [5, 5.41) is 13.9. The number of likely N-dealkylation sites (N-methyl/N-ethyl adjacent to an activating group) is 1. The van der Waals surface area contributed by atoms with E-state index >= 15 is 0 Å². The predicted molar refractivity (Wildman–Crippen MR) is 101 cm³/mol. The van der Waals surface area contributed by atoms with Crippen LogP contribution >= 0.6 is 0 Å². The summed E-state index contributed by atoms with van der Waals surface area (Å²) >= 11 is 0. The Bertz CT molecular complexity index is 803. The van der Waals surface area contributed by atoms with E-state index in [9.17, 15) is 19.7 Å². The molecule has 2 atom stereocenters. The van der Waals surface area contributed by atoms with Gasteiger partial charge in [0.05, 0.1) is 11.5 Å². The minimum atomic E-state index is -1.20. The Labute approximate surface area is 162 Å². The number of nitro groups is 1. The molecule has 2 heterocycles. The molecule has 0 spiro atoms. The summed E-state index contributed by atoms with van der Waals surface area (Å²) in [5.41, 5.74) is 0.302. The van der Waals surface area contributed by atoms with Gasteiger partial charge in [-0.25, -0.2) is 4.99 Å². The van der Waals surface area contributed by atoms with Crippen molar-refractivity contribution in [3.8, 4) is 0 Å². The summed E-state index contributed by atoms with van der Waals surface area (Å²) < 4.78 is 5.05. The van der Waals surface area contributed by atoms with Gasteiger partial charge in [-0.2, -0.15) is 0 Å². The molecule has 1 amide bonds. The van der Waals surface area contributed by atoms with Crippen LogP contribution in [0.1, 0.15) is 18.5 Å². The van der Waals surface area contributed by atoms with Crippen molar-refractivity contribution in [3.63, 3.8) is 0 Å². The standard InChI is InChI=1S/C18H23N5O5/c1-3-28-17(25)14-15(12-5-4-6-13(11-12)23(26)27)19-18(20-16(14)24)22-9-7-21(2)8-10-22/h4-6,11,14-15H,3,7-10H2,1-2H3,(H,19,20,24)/t14-,15-/m1/s1. The molecular formula is C18H23N5O5. The highest BCUT2D eigenvalue weighted by atomic mass is 16.6. The van der Waals surface area contributed by atoms with Gasteiger partial charge in [-0.15, -0.1) is 0 Å². The summed E-state index contributed by atoms with van der Waals surface area (Å²) in [6.07, 6.45) is 0. The van der Waals surface area contributed by atoms with E-state index in [0.717, 1.165) is 13.1 Å². The second kappa shape index (κ2) is 8.34. The van der Waals surface area contributed by atoms with Crippen molar-refractivity contribution in [2.24, 2.45) is 10.9 Å². The highest BCUT2D eigenvalue weighted by Crippen LogP contribution is 2.32. The number of guanidine groups is 1. The number of amides is 1. The first-order valence-corrected chi connectivity index (χ1v) is 9.14. The Kier molecular flexibility index (Phi) is 5.88. The summed E-state index contributed by atoms with van der Waals surface area (Å²) in [4.78, 5) is 44.5. The number of non-ortho nitro benzene ring substituents is 1. The molecule has 0 saturated carbocycles. The number of rotatable bonds is 4. The lowest BCUT2D eigenvalue weighted by Crippen LogP contribution is -2.56. The van der Waals surface area contributed by atoms with Crippen LogP contribution in [0.3, 0.4) is 0 Å². The molecule has 10 heteroatoms. The Balaban J connectivity index is 1.99. The lowest BCUT2D eigenvalue weighted by atomic mass is 9.91. The maximum atomic E-state index is 12.8. The third-order valence-corrected chi connectivity index (χ3v) is 4.86. The minimum Gasteiger partial charge on any atom is -0.465 e. The van der Waals surface area contributed by atoms with Gasteiger partial charge in [-0.1, -0.05) is 12.1 Å². The zero-order chi connectivity index (χ0) is 20.3. The number of esters is 1. The Morgan fingerprint density at radius 2 is 2.07 bits per heavy atom. The summed E-state index contributed by atoms with van der Waals surface area (Å²) in [7, 11) is 2.02. The van der Waals surface area contributed by atoms with Crippen LogP contribution in [0, 0.1) is 16.0 Å². The van der Waals surface area contributed by atoms with Crippen LogP contribution in [0.5, 0.6) is 0 Å². The highest BCUT2D eigenvalue weighted by Gasteiger charge is 2.42. The zero-order valence-corrected chi connectivity index (χ0v) is 15.8. The maximum Gasteiger partial charge on any atom is 0.321 e. The van der Waals surface area contributed by atoms with Crippen molar-refractivity contribution in [2.75, 3.05) is 39.8 Å². The number of ether oxygens (including phenoxy) is 1. The Hall–Kier alpha value is -3.01. The van der Waals surface area contributed by atoms with Crippen LogP contribution in [-0.2, 0) is 14.3 Å². The highest BCUT2D eigenvalue weighted by molar-refractivity contribution is 6.08. The van der Waals surface area contributed by atoms with Gasteiger partial charge in [0.2, 0.25) is 11.9 Å². The fraction of sp³-hybridized carbons (Fsp3) is 0.500. The zero-order valence-electron chi connectivity index (χ0n) is 15.8. The number of nitrogens with zero attached hydrogens (tertiary/aromatic N) is 4. The van der Waals surface area contributed by atoms with Crippen molar-refractivity contribution < 1.29 is 19.2 Å². The smallest absolute Gasteiger partial charge is 0.321 e. The van der Waals surface area contributed by atoms with E-state index in [4.69, 9.17) is 4.74 Å². The molecule has 0 aliphatic carbocycles. The van der Waals surface area contributed by atoms with E-state index in [1.165, 1.54) is 18.2 Å². The molecule has 1 aromatic rings. The van der Waals surface area contributed by atoms with Crippen molar-refractivity contribution >= 4 is 23.5 Å². The van der Waals surface area contributed by atoms with E-state index in [-0.39, 0.29) is 12.3 Å². The SMILES string of the molecule is CCOC(=O)[C@H]1C(=O)NC(N2CCN(C)CC2)=N[C@@H]1c1cccc([N+](=O)[O-])c1. The first-order chi connectivity index (χ1) is 13.4. The lowest BCUT2D eigenvalue weighted by molar-refractivity contribution is -0.384. The number of hydrogen-bond donors (Lipinski definition) is 1. The first-order valence-electron chi connectivity index (χ1n) is 9.14. The topological polar surface area (TPSA) is 117 Å². The number of benzene rings is 1. The van der Waals surface area contributed by atoms with Crippen molar-refractivity contribution in [1.29, 1.82) is 0 Å². The van der Waals surface area contributed by atoms with Gasteiger partial charge in [0.1, 0.15) is 6.04 Å². The van der Waals surface area contributed by atoms with Gasteiger partial charge < -0.3 is 14.5 Å². The quantitative estimate of drug-likeness (QED) is 0.346. The van der Waals surface area contributed by atoms with Crippen LogP contribution in [0.4, 0.5) is 5.69 Å². The van der Waals surface area contributed by atoms with Gasteiger partial charge in [0, 0.05) is 38.3 Å². The lowest BCUT2D eigenvalue weighted by Gasteiger charge is -2.37. The molecule has 0 bridgehead atoms. The van der Waals surface area contributed by atoms with Gasteiger partial charge in [0.15, 0.2) is 5.92 Å². The van der Waals surface area contributed by atoms with Gasteiger partial charge in [-0.05, 0) is 19.5 Å². The summed E-state index contributed by atoms with van der Waals surface area (Å²) in [6, 6.07) is 4.97. The third kappa shape index (κ3) is 4.11. The largest absolute Gasteiger partial charge is 0.465 e. The molecule has 2 aliphatic rings. The van der Waals surface area contributed by atoms with E-state index in [0.29, 0.717) is 24.6 Å². The number of carbonyl (C=O) groups excluding carboxylic acids is 2. The van der Waals surface area contributed by atoms with E-state index in [2.05, 4.69) is 15.2 Å². The second-order valence-corrected chi connectivity index (χ2v) is 6.76. The molecule has 0 unspecified atom stereocenters. The average molecular weight is 389 g/mol. The number of nitro benzene ring substituents is 1. The van der Waals surface area contributed by atoms with Gasteiger partial charge >= 0.3 is 5.97 Å². The number of nitrogens with one attached hydrogen (secondary N) is 1. The number of hydrogen-bond acceptors (Lipinski definition) is 8. The van der Waals surface area contributed by atoms with E-state index in [1.54, 1.807) is 13.0 Å². The molecule has 10 nitrogen and oxygen atoms in total. The van der Waals surface area contributed by atoms with E-state index in [1.807, 2.05) is 11.9 Å². The normalized spacial score (nSPS) is 23.0. The number of piperazine rings is 1. The van der Waals surface area contributed by atoms with Crippen molar-refractivity contribution in [1.82, 2.24) is 15.1 Å². The second-order valence-electron chi connectivity index (χ2n) is 6.76. The van der Waals surface area contributed by atoms with Crippen LogP contribution in [-0.4, -0.2) is 72.4 Å². The molecule has 0 aromatic heterocycles. The van der Waals surface area contributed by atoms with Gasteiger partial charge in [0.25, 0.3) is 5.69 Å². The molecule has 3 rings (SSSR count). The molecule has 2 aliphatic heterocycles. The molecule has 1 aromatic carbocycles. The monoisotopic (exact) mass is 389 g/mol. The molecule has 28 heavy (non-hydrogen) atoms. The molecule has 1 fully saturated rings. The first kappa shape index (κ1) is 19.7. The van der Waals surface area contributed by atoms with Crippen LogP contribution in [0.25, 0.3) is 0 Å². The molecule has 1 N–H and O–H groups in total. The average Bonchev–Trinajstić information content (AvgIpc) is 2.68. The van der Waals surface area contributed by atoms with Gasteiger partial charge in [-0.3, -0.25) is 25.0 Å². The number of aliphatic imine (C=N–C) groups is 1. The molecule has 0 radical (unpaired) electrons. The van der Waals surface area contributed by atoms with Crippen LogP contribution < -0.4 is 5.32 Å². The van der Waals surface area contributed by atoms with Crippen molar-refractivity contribution in [2.45, 2.75) is 13.0 Å². The maximum absolute atomic E-state index is 12.8. The fourth-order valence-electron chi connectivity index (χ4n) is 3.31. The van der Waals surface area contributed by atoms with Crippen LogP contribution in [0.15, 0.2) is 29.3 Å². The summed E-state index contributed by atoms with van der Waals surface area (Å²) in [6.45, 7) is 4.78. The van der Waals surface area contributed by atoms with Crippen molar-refractivity contribution in [3.05, 3.63) is 39.9 Å². The number of carbonyl (C=O) groups is 2. The predicted octanol–water partition coefficient (Wildman–Crippen LogP) is 0.548.